The van der Waals surface area contributed by atoms with E-state index in [0.717, 1.165) is 12.6 Å². The highest BCUT2D eigenvalue weighted by molar-refractivity contribution is 7.89. The number of hydrogen-bond donors (Lipinski definition) is 2. The summed E-state index contributed by atoms with van der Waals surface area (Å²) < 4.78 is 26.5. The van der Waals surface area contributed by atoms with Gasteiger partial charge >= 0.3 is 0 Å². The second kappa shape index (κ2) is 8.15. The number of likely N-dealkylation sites (N-methyl/N-ethyl adjacent to an activating group) is 1. The topological polar surface area (TPSA) is 101 Å². The quantitative estimate of drug-likeness (QED) is 0.446. The minimum atomic E-state index is -3.72. The zero-order valence-electron chi connectivity index (χ0n) is 11.3. The van der Waals surface area contributed by atoms with Gasteiger partial charge in [-0.1, -0.05) is 13.0 Å². The fraction of sp³-hybridized carbons (Fsp3) is 0.455. The Morgan fingerprint density at radius 1 is 1.30 bits per heavy atom. The molecule has 9 heteroatoms. The van der Waals surface area contributed by atoms with Crippen LogP contribution in [0.25, 0.3) is 0 Å². The predicted molar refractivity (Wildman–Crippen MR) is 78.8 cm³/mol. The molecule has 0 atom stereocenters. The summed E-state index contributed by atoms with van der Waals surface area (Å²) in [6, 6.07) is 3.79. The van der Waals surface area contributed by atoms with Gasteiger partial charge in [-0.05, 0) is 19.0 Å². The minimum Gasteiger partial charge on any atom is -0.316 e. The average Bonchev–Trinajstić information content (AvgIpc) is 2.34. The summed E-state index contributed by atoms with van der Waals surface area (Å²) in [5.41, 5.74) is 0.235. The van der Waals surface area contributed by atoms with Gasteiger partial charge in [0.25, 0.3) is 5.69 Å². The second-order valence-electron chi connectivity index (χ2n) is 3.96. The highest BCUT2D eigenvalue weighted by Crippen LogP contribution is 2.21. The van der Waals surface area contributed by atoms with Crippen LogP contribution in [0, 0.1) is 17.0 Å². The van der Waals surface area contributed by atoms with Gasteiger partial charge in [0.15, 0.2) is 0 Å². The van der Waals surface area contributed by atoms with Crippen LogP contribution in [0.1, 0.15) is 12.5 Å². The van der Waals surface area contributed by atoms with E-state index in [9.17, 15) is 18.5 Å². The maximum absolute atomic E-state index is 12.0. The van der Waals surface area contributed by atoms with Crippen LogP contribution in [-0.2, 0) is 10.0 Å². The van der Waals surface area contributed by atoms with Crippen LogP contribution in [0.15, 0.2) is 23.1 Å². The summed E-state index contributed by atoms with van der Waals surface area (Å²) in [5, 5.41) is 13.7. The molecule has 0 unspecified atom stereocenters. The Kier molecular flexibility index (Phi) is 7.66. The molecule has 0 heterocycles. The first-order valence-corrected chi connectivity index (χ1v) is 7.32. The third-order valence-electron chi connectivity index (χ3n) is 2.52. The van der Waals surface area contributed by atoms with Crippen LogP contribution < -0.4 is 10.0 Å². The number of benzene rings is 1. The number of rotatable bonds is 7. The van der Waals surface area contributed by atoms with E-state index in [4.69, 9.17) is 0 Å². The lowest BCUT2D eigenvalue weighted by Gasteiger charge is -2.09. The molecule has 0 saturated carbocycles. The lowest BCUT2D eigenvalue weighted by Crippen LogP contribution is -2.32. The lowest BCUT2D eigenvalue weighted by molar-refractivity contribution is -0.385. The van der Waals surface area contributed by atoms with E-state index in [1.807, 2.05) is 6.92 Å². The smallest absolute Gasteiger partial charge is 0.270 e. The average molecular weight is 324 g/mol. The molecular weight excluding hydrogens is 306 g/mol. The van der Waals surface area contributed by atoms with Crippen LogP contribution in [0.2, 0.25) is 0 Å². The number of nitro benzene ring substituents is 1. The maximum atomic E-state index is 12.0. The van der Waals surface area contributed by atoms with Crippen molar-refractivity contribution in [3.05, 3.63) is 33.9 Å². The number of non-ortho nitro benzene ring substituents is 1. The van der Waals surface area contributed by atoms with Crippen molar-refractivity contribution in [2.75, 3.05) is 19.6 Å². The predicted octanol–water partition coefficient (Wildman–Crippen LogP) is 1.21. The summed E-state index contributed by atoms with van der Waals surface area (Å²) >= 11 is 0. The van der Waals surface area contributed by atoms with Crippen LogP contribution in [-0.4, -0.2) is 33.0 Å². The standard InChI is InChI=1S/C11H17N3O4S.ClH/c1-3-12-6-7-13-19(17,18)11-8-10(14(15)16)5-4-9(11)2;/h4-5,8,12-13H,3,6-7H2,1-2H3;1H. The van der Waals surface area contributed by atoms with Gasteiger partial charge in [0.1, 0.15) is 0 Å². The molecule has 0 amide bonds. The molecule has 0 aliphatic carbocycles. The van der Waals surface area contributed by atoms with E-state index in [2.05, 4.69) is 10.0 Å². The van der Waals surface area contributed by atoms with E-state index >= 15 is 0 Å². The van der Waals surface area contributed by atoms with E-state index < -0.39 is 14.9 Å². The van der Waals surface area contributed by atoms with Gasteiger partial charge in [-0.3, -0.25) is 10.1 Å². The van der Waals surface area contributed by atoms with Crippen molar-refractivity contribution in [2.45, 2.75) is 18.7 Å². The number of halogens is 1. The van der Waals surface area contributed by atoms with Gasteiger partial charge in [-0.25, -0.2) is 13.1 Å². The van der Waals surface area contributed by atoms with Crippen molar-refractivity contribution >= 4 is 28.1 Å². The lowest BCUT2D eigenvalue weighted by atomic mass is 10.2. The second-order valence-corrected chi connectivity index (χ2v) is 5.69. The van der Waals surface area contributed by atoms with Gasteiger partial charge < -0.3 is 5.32 Å². The van der Waals surface area contributed by atoms with Crippen molar-refractivity contribution in [2.24, 2.45) is 0 Å². The van der Waals surface area contributed by atoms with Crippen molar-refractivity contribution in [3.63, 3.8) is 0 Å². The number of hydrogen-bond acceptors (Lipinski definition) is 5. The molecule has 1 aromatic rings. The first kappa shape index (κ1) is 18.8. The minimum absolute atomic E-state index is 0. The number of nitro groups is 1. The van der Waals surface area contributed by atoms with Crippen LogP contribution in [0.5, 0.6) is 0 Å². The molecule has 0 saturated heterocycles. The molecule has 0 aliphatic heterocycles. The molecule has 2 N–H and O–H groups in total. The summed E-state index contributed by atoms with van der Waals surface area (Å²) in [7, 11) is -3.72. The first-order chi connectivity index (χ1) is 8.88. The normalized spacial score (nSPS) is 10.9. The molecule has 0 aromatic heterocycles. The Balaban J connectivity index is 0.00000361. The van der Waals surface area contributed by atoms with Crippen LogP contribution in [0.3, 0.4) is 0 Å². The van der Waals surface area contributed by atoms with E-state index in [0.29, 0.717) is 12.1 Å². The molecule has 0 fully saturated rings. The largest absolute Gasteiger partial charge is 0.316 e. The molecule has 7 nitrogen and oxygen atoms in total. The summed E-state index contributed by atoms with van der Waals surface area (Å²) in [4.78, 5) is 10.00. The third-order valence-corrected chi connectivity index (χ3v) is 4.12. The molecule has 114 valence electrons. The zero-order valence-corrected chi connectivity index (χ0v) is 12.9. The Hall–Kier alpha value is -1.22. The van der Waals surface area contributed by atoms with Gasteiger partial charge in [0.05, 0.1) is 9.82 Å². The first-order valence-electron chi connectivity index (χ1n) is 5.84. The summed E-state index contributed by atoms with van der Waals surface area (Å²) in [6.45, 7) is 5.00. The summed E-state index contributed by atoms with van der Waals surface area (Å²) in [6.07, 6.45) is 0. The Labute approximate surface area is 124 Å². The highest BCUT2D eigenvalue weighted by atomic mass is 35.5. The number of nitrogens with zero attached hydrogens (tertiary/aromatic N) is 1. The van der Waals surface area contributed by atoms with E-state index in [1.165, 1.54) is 12.1 Å². The van der Waals surface area contributed by atoms with Crippen LogP contribution >= 0.6 is 12.4 Å². The molecule has 0 radical (unpaired) electrons. The van der Waals surface area contributed by atoms with Crippen molar-refractivity contribution in [1.29, 1.82) is 0 Å². The molecule has 20 heavy (non-hydrogen) atoms. The van der Waals surface area contributed by atoms with Crippen molar-refractivity contribution < 1.29 is 13.3 Å². The number of sulfonamides is 1. The Morgan fingerprint density at radius 2 is 1.95 bits per heavy atom. The van der Waals surface area contributed by atoms with Crippen molar-refractivity contribution in [3.8, 4) is 0 Å². The number of nitrogens with one attached hydrogen (secondary N) is 2. The van der Waals surface area contributed by atoms with Crippen molar-refractivity contribution in [1.82, 2.24) is 10.0 Å². The van der Waals surface area contributed by atoms with Crippen LogP contribution in [0.4, 0.5) is 5.69 Å². The molecule has 0 bridgehead atoms. The zero-order chi connectivity index (χ0) is 14.5. The number of aryl methyl sites for hydroxylation is 1. The fourth-order valence-electron chi connectivity index (χ4n) is 1.52. The molecule has 0 spiro atoms. The van der Waals surface area contributed by atoms with Gasteiger partial charge in [0, 0.05) is 25.2 Å². The summed E-state index contributed by atoms with van der Waals surface area (Å²) in [5.74, 6) is 0. The Bertz CT molecular complexity index is 563. The fourth-order valence-corrected chi connectivity index (χ4v) is 2.81. The SMILES string of the molecule is CCNCCNS(=O)(=O)c1cc([N+](=O)[O-])ccc1C.Cl. The van der Waals surface area contributed by atoms with Gasteiger partial charge in [-0.15, -0.1) is 12.4 Å². The molecule has 1 rings (SSSR count). The third kappa shape index (κ3) is 5.04. The maximum Gasteiger partial charge on any atom is 0.270 e. The Morgan fingerprint density at radius 3 is 2.50 bits per heavy atom. The van der Waals surface area contributed by atoms with E-state index in [1.54, 1.807) is 6.92 Å². The monoisotopic (exact) mass is 323 g/mol. The van der Waals surface area contributed by atoms with Gasteiger partial charge in [0.2, 0.25) is 10.0 Å². The highest BCUT2D eigenvalue weighted by Gasteiger charge is 2.19. The van der Waals surface area contributed by atoms with E-state index in [-0.39, 0.29) is 29.5 Å². The molecule has 0 aliphatic rings. The van der Waals surface area contributed by atoms with Gasteiger partial charge in [-0.2, -0.15) is 0 Å². The molecular formula is C11H18ClN3O4S. The molecule has 1 aromatic carbocycles.